The normalized spacial score (nSPS) is 19.8. The van der Waals surface area contributed by atoms with Gasteiger partial charge in [0.25, 0.3) is 10.1 Å². The Morgan fingerprint density at radius 2 is 1.59 bits per heavy atom. The summed E-state index contributed by atoms with van der Waals surface area (Å²) in [6, 6.07) is 21.0. The molecular weight excluding hydrogens is 1200 g/mol. The number of anilines is 3. The number of nitrogens with two attached hydrogens (primary N) is 1. The molecule has 3 aliphatic heterocycles. The third-order valence-electron chi connectivity index (χ3n) is 15.0. The number of carbonyl (C=O) groups is 1. The number of benzene rings is 3. The SMILES string of the molecule is CC[N+](CC)=c1ccc2c(/C=C/C=C3/N(CCCCCC(=O)NCCCCCCNc4nc5c(N)ncnc5n4[C@@H]4O[C@H](COP(=O)(O)OP(=O)(O)OP(=O)(O)O)[C@@H](O)[C@H]4O)c4ccc(S(=O)(=O)O)cc4C3(C)C)c(C)c(-c3ccccc3)oc-2c1. The number of allylic oxidation sites excluding steroid dienone is 3. The average molecular weight is 1270 g/mol. The molecule has 1 saturated heterocycles. The number of carbonyl (C=O) groups excluding carboxylic acids is 1. The van der Waals surface area contributed by atoms with E-state index in [-0.39, 0.29) is 33.7 Å². The van der Waals surface area contributed by atoms with E-state index in [4.69, 9.17) is 24.7 Å². The predicted octanol–water partition coefficient (Wildman–Crippen LogP) is 7.15. The van der Waals surface area contributed by atoms with Crippen molar-refractivity contribution in [1.82, 2.24) is 29.4 Å². The summed E-state index contributed by atoms with van der Waals surface area (Å²) in [4.78, 5) is 64.6. The molecule has 466 valence electrons. The van der Waals surface area contributed by atoms with Crippen LogP contribution < -0.4 is 31.2 Å². The number of hydrogen-bond donors (Lipinski definition) is 10. The van der Waals surface area contributed by atoms with Crippen LogP contribution in [0.25, 0.3) is 39.9 Å². The van der Waals surface area contributed by atoms with Crippen molar-refractivity contribution in [1.29, 1.82) is 0 Å². The van der Waals surface area contributed by atoms with E-state index in [1.807, 2.05) is 50.3 Å². The van der Waals surface area contributed by atoms with Gasteiger partial charge in [-0.25, -0.2) is 33.2 Å². The number of imidazole rings is 1. The van der Waals surface area contributed by atoms with Gasteiger partial charge in [-0.15, -0.1) is 0 Å². The van der Waals surface area contributed by atoms with Gasteiger partial charge >= 0.3 is 23.5 Å². The summed E-state index contributed by atoms with van der Waals surface area (Å²) in [5, 5.41) is 29.1. The molecule has 4 aliphatic rings. The molecule has 2 aromatic heterocycles. The van der Waals surface area contributed by atoms with E-state index in [2.05, 4.69) is 99.3 Å². The number of ether oxygens (including phenoxy) is 1. The highest BCUT2D eigenvalue weighted by molar-refractivity contribution is 7.85. The fraction of sp³-hybridized carbons (Fsp3) is 0.436. The average Bonchev–Trinajstić information content (AvgIpc) is 2.05. The quantitative estimate of drug-likeness (QED) is 0.0101. The Bertz CT molecular complexity index is 3790. The highest BCUT2D eigenvalue weighted by Crippen LogP contribution is 2.66. The first-order chi connectivity index (χ1) is 40.6. The lowest BCUT2D eigenvalue weighted by Gasteiger charge is -2.27. The minimum atomic E-state index is -5.82. The van der Waals surface area contributed by atoms with Crippen molar-refractivity contribution in [2.24, 2.45) is 0 Å². The molecule has 8 rings (SSSR count). The van der Waals surface area contributed by atoms with Gasteiger partial charge in [0.15, 0.2) is 23.2 Å². The second-order valence-electron chi connectivity index (χ2n) is 21.2. The van der Waals surface area contributed by atoms with Crippen molar-refractivity contribution in [2.75, 3.05) is 55.3 Å². The van der Waals surface area contributed by atoms with Crippen molar-refractivity contribution in [2.45, 2.75) is 121 Å². The third kappa shape index (κ3) is 15.8. The Balaban J connectivity index is 0.833. The lowest BCUT2D eigenvalue weighted by Crippen LogP contribution is -2.33. The lowest BCUT2D eigenvalue weighted by atomic mass is 9.83. The number of unbranched alkanes of at least 4 members (excludes halogenated alkanes) is 5. The van der Waals surface area contributed by atoms with Crippen molar-refractivity contribution < 1.29 is 83.5 Å². The number of aliphatic hydroxyl groups is 2. The lowest BCUT2D eigenvalue weighted by molar-refractivity contribution is -0.121. The van der Waals surface area contributed by atoms with Crippen LogP contribution in [0.1, 0.15) is 102 Å². The Labute approximate surface area is 496 Å². The van der Waals surface area contributed by atoms with Gasteiger partial charge < -0.3 is 60.2 Å². The smallest absolute Gasteiger partial charge is 0.456 e. The number of nitrogen functional groups attached to an aromatic ring is 1. The van der Waals surface area contributed by atoms with Gasteiger partial charge in [0.1, 0.15) is 49.2 Å². The molecule has 31 heteroatoms. The zero-order chi connectivity index (χ0) is 62.4. The molecule has 2 aromatic carbocycles. The van der Waals surface area contributed by atoms with E-state index < -0.39 is 70.1 Å². The first-order valence-corrected chi connectivity index (χ1v) is 33.9. The molecule has 5 heterocycles. The highest BCUT2D eigenvalue weighted by Gasteiger charge is 2.48. The number of phosphoric ester groups is 1. The molecule has 2 unspecified atom stereocenters. The number of aliphatic hydroxyl groups excluding tert-OH is 2. The van der Waals surface area contributed by atoms with E-state index >= 15 is 0 Å². The van der Waals surface area contributed by atoms with Crippen LogP contribution in [0, 0.1) is 6.92 Å². The van der Waals surface area contributed by atoms with Crippen molar-refractivity contribution >= 4 is 74.2 Å². The molecule has 11 N–H and O–H groups in total. The third-order valence-corrected chi connectivity index (χ3v) is 19.6. The van der Waals surface area contributed by atoms with Crippen molar-refractivity contribution in [3.05, 3.63) is 113 Å². The van der Waals surface area contributed by atoms with Crippen LogP contribution >= 0.6 is 23.5 Å². The first kappa shape index (κ1) is 65.9. The molecule has 0 spiro atoms. The second-order valence-corrected chi connectivity index (χ2v) is 27.0. The van der Waals surface area contributed by atoms with Gasteiger partial charge in [0, 0.05) is 65.6 Å². The standard InChI is InChI=1S/C55H72N9O18P3S/c1-6-62(7-2)37-24-26-40-39(35(3)50(79-43(40)31-37)36-19-12-10-13-20-36)21-18-22-45-55(4,5)41-32-38(86(75,76)77)25-27-42(41)63(45)30-17-11-14-23-46(65)57-28-15-8-9-16-29-58-54-61-47-51(56)59-34-60-52(47)64(54)53-49(67)48(66)44(80-53)33-78-84(71,72)82-85(73,74)81-83(68,69)70/h10,12-13,18-22,24-27,31-32,34,44,48-49,53,66-67H,6-9,11,14-17,23,28-30,33H2,1-5H3,(H8-,56,57,58,59,60,61,65,68,69,70,71,72,73,74,75,76,77)/p+1/t44-,48-,49-,53-/m1/s1. The van der Waals surface area contributed by atoms with Crippen LogP contribution in [0.5, 0.6) is 0 Å². The zero-order valence-electron chi connectivity index (χ0n) is 48.0. The van der Waals surface area contributed by atoms with Crippen LogP contribution in [0.2, 0.25) is 0 Å². The summed E-state index contributed by atoms with van der Waals surface area (Å²) in [5.41, 5.74) is 12.0. The molecule has 1 amide bonds. The van der Waals surface area contributed by atoms with Crippen molar-refractivity contribution in [3.63, 3.8) is 0 Å². The fourth-order valence-electron chi connectivity index (χ4n) is 10.7. The molecule has 1 aliphatic carbocycles. The Morgan fingerprint density at radius 3 is 2.29 bits per heavy atom. The molecule has 0 radical (unpaired) electrons. The minimum Gasteiger partial charge on any atom is -0.456 e. The summed E-state index contributed by atoms with van der Waals surface area (Å²) < 4.78 is 97.9. The Hall–Kier alpha value is -6.03. The summed E-state index contributed by atoms with van der Waals surface area (Å²) in [6.07, 6.45) is 6.01. The van der Waals surface area contributed by atoms with Crippen LogP contribution in [0.4, 0.5) is 17.5 Å². The zero-order valence-corrected chi connectivity index (χ0v) is 51.5. The van der Waals surface area contributed by atoms with Crippen molar-refractivity contribution in [3.8, 4) is 22.6 Å². The summed E-state index contributed by atoms with van der Waals surface area (Å²) in [6.45, 7) is 12.4. The number of aromatic nitrogens is 4. The number of fused-ring (bicyclic) bond motifs is 3. The summed E-state index contributed by atoms with van der Waals surface area (Å²) in [5.74, 6) is 1.54. The van der Waals surface area contributed by atoms with Crippen LogP contribution in [-0.4, -0.2) is 126 Å². The van der Waals surface area contributed by atoms with E-state index in [0.717, 1.165) is 101 Å². The number of nitrogens with one attached hydrogen (secondary N) is 2. The number of rotatable bonds is 28. The number of phosphoric acid groups is 3. The summed E-state index contributed by atoms with van der Waals surface area (Å²) in [7, 11) is -21.5. The number of hydrogen-bond acceptors (Lipinski definition) is 19. The maximum atomic E-state index is 13.0. The van der Waals surface area contributed by atoms with Gasteiger partial charge in [0.05, 0.1) is 17.6 Å². The van der Waals surface area contributed by atoms with Crippen LogP contribution in [0.15, 0.2) is 100 Å². The maximum Gasteiger partial charge on any atom is 0.490 e. The molecule has 0 saturated carbocycles. The topological polar surface area (TPSA) is 394 Å². The predicted molar refractivity (Wildman–Crippen MR) is 320 cm³/mol. The first-order valence-electron chi connectivity index (χ1n) is 27.9. The highest BCUT2D eigenvalue weighted by atomic mass is 32.2. The Morgan fingerprint density at radius 1 is 0.884 bits per heavy atom. The van der Waals surface area contributed by atoms with E-state index in [0.29, 0.717) is 45.3 Å². The van der Waals surface area contributed by atoms with Crippen LogP contribution in [-0.2, 0) is 51.9 Å². The molecule has 86 heavy (non-hydrogen) atoms. The summed E-state index contributed by atoms with van der Waals surface area (Å²) >= 11 is 0. The molecule has 1 fully saturated rings. The second kappa shape index (κ2) is 27.6. The van der Waals surface area contributed by atoms with Gasteiger partial charge in [-0.2, -0.15) is 17.0 Å². The molecule has 0 bridgehead atoms. The fourth-order valence-corrected chi connectivity index (χ4v) is 14.2. The van der Waals surface area contributed by atoms with Gasteiger partial charge in [0.2, 0.25) is 17.2 Å². The molecule has 6 atom stereocenters. The maximum absolute atomic E-state index is 13.0. The van der Waals surface area contributed by atoms with Gasteiger partial charge in [-0.1, -0.05) is 75.6 Å². The van der Waals surface area contributed by atoms with Gasteiger partial charge in [-0.3, -0.25) is 18.4 Å². The minimum absolute atomic E-state index is 0.0193. The molecule has 4 aromatic rings. The monoisotopic (exact) mass is 1270 g/mol. The Kier molecular flexibility index (Phi) is 21.1. The van der Waals surface area contributed by atoms with E-state index in [1.54, 1.807) is 12.1 Å². The van der Waals surface area contributed by atoms with Crippen LogP contribution in [0.3, 0.4) is 0 Å². The largest absolute Gasteiger partial charge is 0.490 e. The van der Waals surface area contributed by atoms with Gasteiger partial charge in [-0.05, 0) is 87.9 Å². The van der Waals surface area contributed by atoms with E-state index in [9.17, 15) is 51.5 Å². The van der Waals surface area contributed by atoms with E-state index in [1.165, 1.54) is 10.6 Å². The number of nitrogens with zero attached hydrogens (tertiary/aromatic N) is 6. The molecular formula is C55H73N9O18P3S+. The molecule has 27 nitrogen and oxygen atoms in total. The number of amides is 1.